The van der Waals surface area contributed by atoms with Crippen LogP contribution in [0.25, 0.3) is 0 Å². The Kier molecular flexibility index (Phi) is 4.91. The minimum atomic E-state index is -0.826. The van der Waals surface area contributed by atoms with E-state index < -0.39 is 6.41 Å². The SMILES string of the molecule is CC(C)(C)OC(O)N1CCC(CC(=N)N)CC1. The van der Waals surface area contributed by atoms with E-state index in [4.69, 9.17) is 15.9 Å². The van der Waals surface area contributed by atoms with E-state index in [1.165, 1.54) is 0 Å². The van der Waals surface area contributed by atoms with Crippen LogP contribution in [0.2, 0.25) is 0 Å². The van der Waals surface area contributed by atoms with Crippen molar-refractivity contribution in [1.29, 1.82) is 5.41 Å². The number of rotatable bonds is 4. The molecule has 5 heteroatoms. The van der Waals surface area contributed by atoms with Crippen molar-refractivity contribution in [2.45, 2.75) is 52.0 Å². The summed E-state index contributed by atoms with van der Waals surface area (Å²) in [5, 5.41) is 17.2. The number of aliphatic hydroxyl groups excluding tert-OH is 1. The number of ether oxygens (including phenoxy) is 1. The molecule has 4 N–H and O–H groups in total. The van der Waals surface area contributed by atoms with Gasteiger partial charge >= 0.3 is 0 Å². The van der Waals surface area contributed by atoms with E-state index in [0.29, 0.717) is 12.3 Å². The van der Waals surface area contributed by atoms with Crippen LogP contribution in [0.5, 0.6) is 0 Å². The zero-order valence-electron chi connectivity index (χ0n) is 11.1. The lowest BCUT2D eigenvalue weighted by molar-refractivity contribution is -0.243. The number of likely N-dealkylation sites (tertiary alicyclic amines) is 1. The molecule has 100 valence electrons. The van der Waals surface area contributed by atoms with Gasteiger partial charge in [-0.25, -0.2) is 0 Å². The molecule has 1 saturated heterocycles. The third kappa shape index (κ3) is 5.48. The normalized spacial score (nSPS) is 21.4. The van der Waals surface area contributed by atoms with Gasteiger partial charge in [0, 0.05) is 19.5 Å². The van der Waals surface area contributed by atoms with Crippen molar-refractivity contribution in [3.8, 4) is 0 Å². The van der Waals surface area contributed by atoms with E-state index in [2.05, 4.69) is 0 Å². The second-order valence-corrected chi connectivity index (χ2v) is 5.77. The maximum Gasteiger partial charge on any atom is 0.216 e. The van der Waals surface area contributed by atoms with Gasteiger partial charge in [-0.15, -0.1) is 0 Å². The van der Waals surface area contributed by atoms with Crippen LogP contribution in [0, 0.1) is 11.3 Å². The maximum absolute atomic E-state index is 9.91. The lowest BCUT2D eigenvalue weighted by Gasteiger charge is -2.37. The number of amidine groups is 1. The predicted octanol–water partition coefficient (Wildman–Crippen LogP) is 1.12. The number of aliphatic hydroxyl groups is 1. The van der Waals surface area contributed by atoms with Gasteiger partial charge in [0.15, 0.2) is 0 Å². The van der Waals surface area contributed by atoms with Gasteiger partial charge in [0.05, 0.1) is 11.4 Å². The molecule has 1 atom stereocenters. The Bertz CT molecular complexity index is 255. The molecule has 1 aliphatic heterocycles. The van der Waals surface area contributed by atoms with Crippen LogP contribution in [0.15, 0.2) is 0 Å². The second kappa shape index (κ2) is 5.80. The molecule has 0 bridgehead atoms. The highest BCUT2D eigenvalue weighted by Gasteiger charge is 2.27. The van der Waals surface area contributed by atoms with Crippen LogP contribution < -0.4 is 5.73 Å². The van der Waals surface area contributed by atoms with Gasteiger partial charge in [-0.3, -0.25) is 10.3 Å². The Morgan fingerprint density at radius 3 is 2.41 bits per heavy atom. The first-order valence-corrected chi connectivity index (χ1v) is 6.21. The van der Waals surface area contributed by atoms with Crippen molar-refractivity contribution in [3.63, 3.8) is 0 Å². The van der Waals surface area contributed by atoms with E-state index >= 15 is 0 Å². The van der Waals surface area contributed by atoms with Crippen LogP contribution in [0.3, 0.4) is 0 Å². The van der Waals surface area contributed by atoms with E-state index in [1.54, 1.807) is 0 Å². The minimum Gasteiger partial charge on any atom is -0.388 e. The first-order valence-electron chi connectivity index (χ1n) is 6.21. The van der Waals surface area contributed by atoms with Crippen LogP contribution >= 0.6 is 0 Å². The molecule has 5 nitrogen and oxygen atoms in total. The van der Waals surface area contributed by atoms with Gasteiger partial charge in [0.25, 0.3) is 0 Å². The minimum absolute atomic E-state index is 0.259. The van der Waals surface area contributed by atoms with E-state index in [9.17, 15) is 5.11 Å². The largest absolute Gasteiger partial charge is 0.388 e. The molecule has 0 aromatic carbocycles. The van der Waals surface area contributed by atoms with Crippen molar-refractivity contribution in [2.24, 2.45) is 11.7 Å². The fourth-order valence-electron chi connectivity index (χ4n) is 2.08. The van der Waals surface area contributed by atoms with Crippen molar-refractivity contribution < 1.29 is 9.84 Å². The lowest BCUT2D eigenvalue weighted by atomic mass is 9.93. The predicted molar refractivity (Wildman–Crippen MR) is 67.7 cm³/mol. The molecule has 1 aliphatic rings. The van der Waals surface area contributed by atoms with Crippen molar-refractivity contribution in [1.82, 2.24) is 4.90 Å². The summed E-state index contributed by atoms with van der Waals surface area (Å²) in [5.74, 6) is 0.737. The molecule has 0 aromatic rings. The molecule has 1 fully saturated rings. The average molecular weight is 243 g/mol. The number of nitrogens with one attached hydrogen (secondary N) is 1. The summed E-state index contributed by atoms with van der Waals surface area (Å²) in [6.07, 6.45) is 1.77. The van der Waals surface area contributed by atoms with Crippen LogP contribution in [0.1, 0.15) is 40.0 Å². The first kappa shape index (κ1) is 14.4. The third-order valence-electron chi connectivity index (χ3n) is 2.93. The standard InChI is InChI=1S/C12H25N3O2/c1-12(2,3)17-11(16)15-6-4-9(5-7-15)8-10(13)14/h9,11,16H,4-8H2,1-3H3,(H3,13,14). The summed E-state index contributed by atoms with van der Waals surface area (Å²) >= 11 is 0. The molecule has 0 spiro atoms. The molecule has 0 aromatic heterocycles. The van der Waals surface area contributed by atoms with E-state index in [1.807, 2.05) is 25.7 Å². The molecule has 1 rings (SSSR count). The summed E-state index contributed by atoms with van der Waals surface area (Å²) in [6.45, 7) is 7.39. The molecule has 17 heavy (non-hydrogen) atoms. The third-order valence-corrected chi connectivity index (χ3v) is 2.93. The van der Waals surface area contributed by atoms with Crippen LogP contribution in [-0.4, -0.2) is 40.9 Å². The lowest BCUT2D eigenvalue weighted by Crippen LogP contribution is -2.46. The van der Waals surface area contributed by atoms with Gasteiger partial charge in [-0.05, 0) is 39.5 Å². The Hall–Kier alpha value is -0.650. The summed E-state index contributed by atoms with van der Waals surface area (Å²) < 4.78 is 5.51. The first-order chi connectivity index (χ1) is 7.78. The number of hydrogen-bond donors (Lipinski definition) is 3. The fraction of sp³-hybridized carbons (Fsp3) is 0.917. The molecular formula is C12H25N3O2. The Balaban J connectivity index is 2.33. The van der Waals surface area contributed by atoms with Gasteiger partial charge in [0.2, 0.25) is 6.41 Å². The molecule has 0 aliphatic carbocycles. The summed E-state index contributed by atoms with van der Waals surface area (Å²) in [6, 6.07) is 0. The number of hydrogen-bond acceptors (Lipinski definition) is 4. The smallest absolute Gasteiger partial charge is 0.216 e. The van der Waals surface area contributed by atoms with Crippen LogP contribution in [-0.2, 0) is 4.74 Å². The summed E-state index contributed by atoms with van der Waals surface area (Å²) in [7, 11) is 0. The highest BCUT2D eigenvalue weighted by molar-refractivity contribution is 5.77. The summed E-state index contributed by atoms with van der Waals surface area (Å²) in [5.41, 5.74) is 5.06. The zero-order chi connectivity index (χ0) is 13.1. The zero-order valence-corrected chi connectivity index (χ0v) is 11.1. The average Bonchev–Trinajstić information content (AvgIpc) is 2.15. The molecule has 1 unspecified atom stereocenters. The van der Waals surface area contributed by atoms with Gasteiger partial charge in [-0.2, -0.15) is 0 Å². The highest BCUT2D eigenvalue weighted by atomic mass is 16.6. The molecule has 0 saturated carbocycles. The van der Waals surface area contributed by atoms with Gasteiger partial charge in [-0.1, -0.05) is 0 Å². The number of nitrogens with two attached hydrogens (primary N) is 1. The Morgan fingerprint density at radius 1 is 1.47 bits per heavy atom. The second-order valence-electron chi connectivity index (χ2n) is 5.77. The number of nitrogens with zero attached hydrogens (tertiary/aromatic N) is 1. The quantitative estimate of drug-likeness (QED) is 0.392. The topological polar surface area (TPSA) is 82.6 Å². The van der Waals surface area contributed by atoms with Crippen molar-refractivity contribution in [3.05, 3.63) is 0 Å². The molecule has 0 amide bonds. The fourth-order valence-corrected chi connectivity index (χ4v) is 2.08. The maximum atomic E-state index is 9.91. The van der Waals surface area contributed by atoms with E-state index in [0.717, 1.165) is 25.9 Å². The molecule has 1 heterocycles. The van der Waals surface area contributed by atoms with Crippen molar-refractivity contribution >= 4 is 5.84 Å². The van der Waals surface area contributed by atoms with Gasteiger partial charge < -0.3 is 15.6 Å². The molecule has 0 radical (unpaired) electrons. The van der Waals surface area contributed by atoms with Gasteiger partial charge in [0.1, 0.15) is 0 Å². The Morgan fingerprint density at radius 2 is 2.00 bits per heavy atom. The Labute approximate surface area is 103 Å². The number of piperidine rings is 1. The summed E-state index contributed by atoms with van der Waals surface area (Å²) in [4.78, 5) is 1.93. The highest BCUT2D eigenvalue weighted by Crippen LogP contribution is 2.22. The van der Waals surface area contributed by atoms with Crippen molar-refractivity contribution in [2.75, 3.05) is 13.1 Å². The van der Waals surface area contributed by atoms with E-state index in [-0.39, 0.29) is 11.4 Å². The van der Waals surface area contributed by atoms with Crippen LogP contribution in [0.4, 0.5) is 0 Å². The molecular weight excluding hydrogens is 218 g/mol. The monoisotopic (exact) mass is 243 g/mol.